The molecule has 7 heteroatoms. The predicted octanol–water partition coefficient (Wildman–Crippen LogP) is 3.50. The molecule has 0 radical (unpaired) electrons. The maximum Gasteiger partial charge on any atom is 0.262 e. The van der Waals surface area contributed by atoms with Gasteiger partial charge in [0.2, 0.25) is 0 Å². The molecule has 0 saturated heterocycles. The number of anilines is 1. The summed E-state index contributed by atoms with van der Waals surface area (Å²) < 4.78 is 5.38. The molecule has 0 aliphatic carbocycles. The third-order valence-corrected chi connectivity index (χ3v) is 5.13. The van der Waals surface area contributed by atoms with Crippen LogP contribution in [0.5, 0.6) is 5.75 Å². The van der Waals surface area contributed by atoms with Crippen LogP contribution < -0.4 is 10.1 Å². The minimum atomic E-state index is -0.132. The fourth-order valence-corrected chi connectivity index (χ4v) is 3.84. The lowest BCUT2D eigenvalue weighted by Gasteiger charge is -2.18. The first-order valence-corrected chi connectivity index (χ1v) is 8.86. The Hall–Kier alpha value is -2.25. The van der Waals surface area contributed by atoms with Gasteiger partial charge < -0.3 is 10.1 Å². The highest BCUT2D eigenvalue weighted by Gasteiger charge is 2.17. The quantitative estimate of drug-likeness (QED) is 0.790. The molecule has 2 aromatic heterocycles. The van der Waals surface area contributed by atoms with E-state index in [1.54, 1.807) is 22.7 Å². The van der Waals surface area contributed by atoms with Crippen LogP contribution in [0.4, 0.5) is 5.69 Å². The Morgan fingerprint density at radius 1 is 1.26 bits per heavy atom. The molecule has 0 bridgehead atoms. The first-order valence-electron chi connectivity index (χ1n) is 7.10. The van der Waals surface area contributed by atoms with Gasteiger partial charge in [-0.3, -0.25) is 4.79 Å². The number of nitrogens with zero attached hydrogens (tertiary/aromatic N) is 2. The topological polar surface area (TPSA) is 64.1 Å². The van der Waals surface area contributed by atoms with E-state index in [9.17, 15) is 4.79 Å². The van der Waals surface area contributed by atoms with Crippen LogP contribution in [-0.4, -0.2) is 22.5 Å². The van der Waals surface area contributed by atoms with E-state index < -0.39 is 0 Å². The van der Waals surface area contributed by atoms with Gasteiger partial charge in [-0.2, -0.15) is 0 Å². The average molecular weight is 343 g/mol. The van der Waals surface area contributed by atoms with Crippen molar-refractivity contribution in [3.63, 3.8) is 0 Å². The van der Waals surface area contributed by atoms with E-state index in [1.165, 1.54) is 0 Å². The number of thiazole rings is 2. The highest BCUT2D eigenvalue weighted by Crippen LogP contribution is 2.33. The van der Waals surface area contributed by atoms with Crippen LogP contribution in [0.3, 0.4) is 0 Å². The van der Waals surface area contributed by atoms with Gasteiger partial charge in [0.25, 0.3) is 5.91 Å². The summed E-state index contributed by atoms with van der Waals surface area (Å²) in [6, 6.07) is 5.73. The van der Waals surface area contributed by atoms with Crippen LogP contribution in [0.2, 0.25) is 0 Å². The summed E-state index contributed by atoms with van der Waals surface area (Å²) in [5, 5.41) is 9.03. The second-order valence-corrected chi connectivity index (χ2v) is 7.21. The molecule has 1 amide bonds. The fourth-order valence-electron chi connectivity index (χ4n) is 2.41. The Bertz CT molecular complexity index is 885. The molecule has 0 saturated carbocycles. The Morgan fingerprint density at radius 3 is 3.00 bits per heavy atom. The van der Waals surface area contributed by atoms with Gasteiger partial charge >= 0.3 is 0 Å². The van der Waals surface area contributed by atoms with Gasteiger partial charge in [-0.05, 0) is 25.1 Å². The number of aromatic nitrogens is 2. The number of fused-ring (bicyclic) bond motifs is 1. The second kappa shape index (κ2) is 5.75. The maximum atomic E-state index is 11.4. The Balaban J connectivity index is 1.59. The second-order valence-electron chi connectivity index (χ2n) is 5.21. The van der Waals surface area contributed by atoms with Crippen molar-refractivity contribution < 1.29 is 9.53 Å². The standard InChI is InChI=1S/C16H13N3O2S2/c1-9-17-11(7-22-9)5-16-19-13(8-23-16)10-2-3-14-12(4-10)18-15(20)6-21-14/h2-4,7-8H,5-6H2,1H3,(H,18,20). The lowest BCUT2D eigenvalue weighted by Crippen LogP contribution is -2.25. The summed E-state index contributed by atoms with van der Waals surface area (Å²) in [4.78, 5) is 20.6. The molecule has 3 aromatic rings. The number of ether oxygens (including phenoxy) is 1. The molecule has 0 atom stereocenters. The third kappa shape index (κ3) is 2.97. The molecule has 1 aromatic carbocycles. The van der Waals surface area contributed by atoms with Crippen molar-refractivity contribution in [1.82, 2.24) is 9.97 Å². The molecule has 116 valence electrons. The van der Waals surface area contributed by atoms with Crippen LogP contribution in [0.1, 0.15) is 15.7 Å². The summed E-state index contributed by atoms with van der Waals surface area (Å²) >= 11 is 3.28. The Kier molecular flexibility index (Phi) is 3.59. The number of amides is 1. The van der Waals surface area contributed by atoms with Crippen molar-refractivity contribution in [2.75, 3.05) is 11.9 Å². The van der Waals surface area contributed by atoms with E-state index in [-0.39, 0.29) is 12.5 Å². The zero-order chi connectivity index (χ0) is 15.8. The molecule has 23 heavy (non-hydrogen) atoms. The number of aryl methyl sites for hydroxylation is 1. The Morgan fingerprint density at radius 2 is 2.17 bits per heavy atom. The minimum absolute atomic E-state index is 0.0697. The summed E-state index contributed by atoms with van der Waals surface area (Å²) in [5.41, 5.74) is 3.62. The summed E-state index contributed by atoms with van der Waals surface area (Å²) in [6.45, 7) is 2.07. The van der Waals surface area contributed by atoms with Crippen LogP contribution in [0.15, 0.2) is 29.0 Å². The molecule has 1 aliphatic rings. The van der Waals surface area contributed by atoms with Crippen molar-refractivity contribution in [2.45, 2.75) is 13.3 Å². The zero-order valence-corrected chi connectivity index (χ0v) is 14.0. The average Bonchev–Trinajstić information content (AvgIpc) is 3.16. The van der Waals surface area contributed by atoms with E-state index in [2.05, 4.69) is 20.7 Å². The van der Waals surface area contributed by atoms with Crippen molar-refractivity contribution in [3.05, 3.63) is 44.7 Å². The van der Waals surface area contributed by atoms with E-state index in [0.29, 0.717) is 11.4 Å². The first-order chi connectivity index (χ1) is 11.2. The molecule has 1 aliphatic heterocycles. The molecule has 3 heterocycles. The number of rotatable bonds is 3. The summed E-state index contributed by atoms with van der Waals surface area (Å²) in [5.74, 6) is 0.564. The van der Waals surface area contributed by atoms with Gasteiger partial charge in [-0.25, -0.2) is 9.97 Å². The smallest absolute Gasteiger partial charge is 0.262 e. The zero-order valence-electron chi connectivity index (χ0n) is 12.3. The van der Waals surface area contributed by atoms with E-state index in [1.807, 2.05) is 30.5 Å². The number of benzene rings is 1. The monoisotopic (exact) mass is 343 g/mol. The highest BCUT2D eigenvalue weighted by atomic mass is 32.1. The van der Waals surface area contributed by atoms with Crippen molar-refractivity contribution in [1.29, 1.82) is 0 Å². The van der Waals surface area contributed by atoms with Gasteiger partial charge in [0.05, 0.1) is 27.1 Å². The number of hydrogen-bond acceptors (Lipinski definition) is 6. The Labute approximate surface area is 141 Å². The van der Waals surface area contributed by atoms with Crippen LogP contribution >= 0.6 is 22.7 Å². The third-order valence-electron chi connectivity index (χ3n) is 3.46. The van der Waals surface area contributed by atoms with E-state index in [4.69, 9.17) is 4.74 Å². The molecule has 1 N–H and O–H groups in total. The summed E-state index contributed by atoms with van der Waals surface area (Å²) in [6.07, 6.45) is 0.750. The predicted molar refractivity (Wildman–Crippen MR) is 91.3 cm³/mol. The molecule has 4 rings (SSSR count). The molecule has 0 fully saturated rings. The van der Waals surface area contributed by atoms with E-state index in [0.717, 1.165) is 33.4 Å². The van der Waals surface area contributed by atoms with Gasteiger partial charge in [0.15, 0.2) is 6.61 Å². The lowest BCUT2D eigenvalue weighted by molar-refractivity contribution is -0.118. The van der Waals surface area contributed by atoms with E-state index >= 15 is 0 Å². The molecule has 5 nitrogen and oxygen atoms in total. The van der Waals surface area contributed by atoms with Gasteiger partial charge in [-0.1, -0.05) is 0 Å². The minimum Gasteiger partial charge on any atom is -0.482 e. The summed E-state index contributed by atoms with van der Waals surface area (Å²) in [7, 11) is 0. The van der Waals surface area contributed by atoms with Crippen molar-refractivity contribution in [3.8, 4) is 17.0 Å². The number of nitrogens with one attached hydrogen (secondary N) is 1. The number of hydrogen-bond donors (Lipinski definition) is 1. The van der Waals surface area contributed by atoms with Gasteiger partial charge in [0.1, 0.15) is 5.75 Å². The largest absolute Gasteiger partial charge is 0.482 e. The fraction of sp³-hybridized carbons (Fsp3) is 0.188. The molecule has 0 spiro atoms. The highest BCUT2D eigenvalue weighted by molar-refractivity contribution is 7.10. The van der Waals surface area contributed by atoms with Crippen LogP contribution in [-0.2, 0) is 11.2 Å². The van der Waals surface area contributed by atoms with Crippen molar-refractivity contribution in [2.24, 2.45) is 0 Å². The number of carbonyl (C=O) groups is 1. The lowest BCUT2D eigenvalue weighted by atomic mass is 10.1. The maximum absolute atomic E-state index is 11.4. The van der Waals surface area contributed by atoms with Crippen LogP contribution in [0.25, 0.3) is 11.3 Å². The van der Waals surface area contributed by atoms with Gasteiger partial charge in [-0.15, -0.1) is 22.7 Å². The normalized spacial score (nSPS) is 13.3. The molecule has 0 unspecified atom stereocenters. The van der Waals surface area contributed by atoms with Crippen LogP contribution in [0, 0.1) is 6.92 Å². The van der Waals surface area contributed by atoms with Crippen molar-refractivity contribution >= 4 is 34.3 Å². The molecular formula is C16H13N3O2S2. The molecular weight excluding hydrogens is 330 g/mol. The van der Waals surface area contributed by atoms with Gasteiger partial charge in [0, 0.05) is 22.7 Å². The first kappa shape index (κ1) is 14.3. The number of carbonyl (C=O) groups excluding carboxylic acids is 1. The SMILES string of the molecule is Cc1nc(Cc2nc(-c3ccc4c(c3)NC(=O)CO4)cs2)cs1.